The SMILES string of the molecule is CC1=C/C(=N\OC(=O)c2ccco2)C(C)=CC1=O. The van der Waals surface area contributed by atoms with Gasteiger partial charge in [-0.05, 0) is 49.3 Å². The van der Waals surface area contributed by atoms with Crippen LogP contribution in [0.1, 0.15) is 24.4 Å². The number of nitrogens with zero attached hydrogens (tertiary/aromatic N) is 1. The van der Waals surface area contributed by atoms with Gasteiger partial charge in [0.15, 0.2) is 5.78 Å². The number of carbonyl (C=O) groups is 2. The molecule has 0 atom stereocenters. The van der Waals surface area contributed by atoms with Crippen LogP contribution < -0.4 is 0 Å². The van der Waals surface area contributed by atoms with Crippen molar-refractivity contribution in [1.82, 2.24) is 0 Å². The van der Waals surface area contributed by atoms with Crippen molar-refractivity contribution in [1.29, 1.82) is 0 Å². The Morgan fingerprint density at radius 1 is 1.28 bits per heavy atom. The highest BCUT2D eigenvalue weighted by atomic mass is 16.7. The molecule has 1 aromatic rings. The first-order chi connectivity index (χ1) is 8.58. The van der Waals surface area contributed by atoms with E-state index in [1.807, 2.05) is 0 Å². The third kappa shape index (κ3) is 2.45. The number of ketones is 1. The number of hydrogen-bond acceptors (Lipinski definition) is 5. The Bertz CT molecular complexity index is 576. The zero-order chi connectivity index (χ0) is 13.1. The molecule has 0 radical (unpaired) electrons. The summed E-state index contributed by atoms with van der Waals surface area (Å²) < 4.78 is 4.87. The molecule has 92 valence electrons. The molecule has 0 unspecified atom stereocenters. The molecule has 0 N–H and O–H groups in total. The predicted octanol–water partition coefficient (Wildman–Crippen LogP) is 2.27. The summed E-state index contributed by atoms with van der Waals surface area (Å²) in [7, 11) is 0. The zero-order valence-corrected chi connectivity index (χ0v) is 9.97. The van der Waals surface area contributed by atoms with Gasteiger partial charge in [0.25, 0.3) is 0 Å². The van der Waals surface area contributed by atoms with Crippen LogP contribution in [0.2, 0.25) is 0 Å². The second-order valence-electron chi connectivity index (χ2n) is 3.85. The fourth-order valence-electron chi connectivity index (χ4n) is 1.40. The molecular formula is C13H11NO4. The fraction of sp³-hybridized carbons (Fsp3) is 0.154. The highest BCUT2D eigenvalue weighted by molar-refractivity contribution is 6.21. The summed E-state index contributed by atoms with van der Waals surface area (Å²) in [5.41, 5.74) is 1.65. The van der Waals surface area contributed by atoms with Gasteiger partial charge >= 0.3 is 5.97 Å². The number of allylic oxidation sites excluding steroid dienone is 4. The number of oxime groups is 1. The Morgan fingerprint density at radius 2 is 2.06 bits per heavy atom. The normalized spacial score (nSPS) is 17.4. The summed E-state index contributed by atoms with van der Waals surface area (Å²) >= 11 is 0. The van der Waals surface area contributed by atoms with E-state index in [1.165, 1.54) is 18.4 Å². The molecular weight excluding hydrogens is 234 g/mol. The van der Waals surface area contributed by atoms with E-state index in [-0.39, 0.29) is 11.5 Å². The van der Waals surface area contributed by atoms with Gasteiger partial charge < -0.3 is 9.25 Å². The van der Waals surface area contributed by atoms with Crippen LogP contribution in [0.4, 0.5) is 0 Å². The van der Waals surface area contributed by atoms with Crippen LogP contribution in [0.25, 0.3) is 0 Å². The van der Waals surface area contributed by atoms with E-state index in [2.05, 4.69) is 5.16 Å². The van der Waals surface area contributed by atoms with E-state index >= 15 is 0 Å². The molecule has 1 aliphatic carbocycles. The van der Waals surface area contributed by atoms with E-state index in [1.54, 1.807) is 26.0 Å². The first-order valence-corrected chi connectivity index (χ1v) is 5.32. The Labute approximate surface area is 103 Å². The molecule has 0 amide bonds. The van der Waals surface area contributed by atoms with Crippen LogP contribution in [0, 0.1) is 0 Å². The van der Waals surface area contributed by atoms with Crippen LogP contribution in [0.3, 0.4) is 0 Å². The van der Waals surface area contributed by atoms with Crippen LogP contribution in [-0.2, 0) is 9.63 Å². The second kappa shape index (κ2) is 4.83. The summed E-state index contributed by atoms with van der Waals surface area (Å²) in [4.78, 5) is 27.6. The number of rotatable bonds is 2. The molecule has 2 rings (SSSR count). The highest BCUT2D eigenvalue weighted by Gasteiger charge is 2.15. The Hall–Kier alpha value is -2.43. The molecule has 0 bridgehead atoms. The maximum absolute atomic E-state index is 11.5. The minimum absolute atomic E-state index is 0.0659. The summed E-state index contributed by atoms with van der Waals surface area (Å²) in [5.74, 6) is -0.666. The van der Waals surface area contributed by atoms with Crippen molar-refractivity contribution in [2.75, 3.05) is 0 Å². The van der Waals surface area contributed by atoms with Gasteiger partial charge in [-0.2, -0.15) is 0 Å². The maximum Gasteiger partial charge on any atom is 0.400 e. The van der Waals surface area contributed by atoms with Gasteiger partial charge in [0.2, 0.25) is 5.76 Å². The molecule has 18 heavy (non-hydrogen) atoms. The molecule has 0 aliphatic heterocycles. The Balaban J connectivity index is 2.13. The van der Waals surface area contributed by atoms with Crippen molar-refractivity contribution < 1.29 is 18.8 Å². The van der Waals surface area contributed by atoms with E-state index < -0.39 is 5.97 Å². The smallest absolute Gasteiger partial charge is 0.400 e. The van der Waals surface area contributed by atoms with Crippen LogP contribution in [0.5, 0.6) is 0 Å². The lowest BCUT2D eigenvalue weighted by Crippen LogP contribution is -2.11. The maximum atomic E-state index is 11.5. The monoisotopic (exact) mass is 245 g/mol. The van der Waals surface area contributed by atoms with Gasteiger partial charge in [-0.1, -0.05) is 5.16 Å². The predicted molar refractivity (Wildman–Crippen MR) is 64.1 cm³/mol. The molecule has 0 saturated heterocycles. The van der Waals surface area contributed by atoms with Crippen molar-refractivity contribution in [3.8, 4) is 0 Å². The summed E-state index contributed by atoms with van der Waals surface area (Å²) in [6.07, 6.45) is 4.40. The van der Waals surface area contributed by atoms with Crippen molar-refractivity contribution >= 4 is 17.5 Å². The molecule has 1 heterocycles. The largest absolute Gasteiger partial charge is 0.457 e. The minimum Gasteiger partial charge on any atom is -0.457 e. The number of hydrogen-bond donors (Lipinski definition) is 0. The zero-order valence-electron chi connectivity index (χ0n) is 9.97. The van der Waals surface area contributed by atoms with E-state index in [9.17, 15) is 9.59 Å². The standard InChI is InChI=1S/C13H11NO4/c1-8-7-11(15)9(2)6-10(8)14-18-13(16)12-4-3-5-17-12/h3-7H,1-2H3/b14-10+. The summed E-state index contributed by atoms with van der Waals surface area (Å²) in [5, 5.41) is 3.72. The van der Waals surface area contributed by atoms with Gasteiger partial charge in [-0.15, -0.1) is 0 Å². The van der Waals surface area contributed by atoms with E-state index in [0.717, 1.165) is 0 Å². The minimum atomic E-state index is -0.678. The van der Waals surface area contributed by atoms with Crippen molar-refractivity contribution in [2.45, 2.75) is 13.8 Å². The summed E-state index contributed by atoms with van der Waals surface area (Å²) in [6.45, 7) is 3.40. The third-order valence-corrected chi connectivity index (χ3v) is 2.44. The van der Waals surface area contributed by atoms with E-state index in [4.69, 9.17) is 9.25 Å². The van der Waals surface area contributed by atoms with Gasteiger partial charge in [0, 0.05) is 0 Å². The molecule has 5 heteroatoms. The lowest BCUT2D eigenvalue weighted by Gasteiger charge is -2.08. The molecule has 5 nitrogen and oxygen atoms in total. The Morgan fingerprint density at radius 3 is 2.72 bits per heavy atom. The molecule has 1 aliphatic rings. The molecule has 0 aromatic carbocycles. The number of carbonyl (C=O) groups excluding carboxylic acids is 2. The molecule has 0 fully saturated rings. The fourth-order valence-corrected chi connectivity index (χ4v) is 1.40. The van der Waals surface area contributed by atoms with Crippen LogP contribution >= 0.6 is 0 Å². The van der Waals surface area contributed by atoms with Crippen LogP contribution in [0.15, 0.2) is 51.3 Å². The van der Waals surface area contributed by atoms with Gasteiger partial charge in [-0.25, -0.2) is 4.79 Å². The topological polar surface area (TPSA) is 68.9 Å². The van der Waals surface area contributed by atoms with Crippen LogP contribution in [-0.4, -0.2) is 17.5 Å². The average Bonchev–Trinajstić information content (AvgIpc) is 2.85. The van der Waals surface area contributed by atoms with Gasteiger partial charge in [-0.3, -0.25) is 4.79 Å². The lowest BCUT2D eigenvalue weighted by molar-refractivity contribution is -0.111. The van der Waals surface area contributed by atoms with Crippen molar-refractivity contribution in [3.05, 3.63) is 47.5 Å². The quantitative estimate of drug-likeness (QED) is 0.455. The van der Waals surface area contributed by atoms with Crippen molar-refractivity contribution in [2.24, 2.45) is 5.16 Å². The average molecular weight is 245 g/mol. The summed E-state index contributed by atoms with van der Waals surface area (Å²) in [6, 6.07) is 3.06. The second-order valence-corrected chi connectivity index (χ2v) is 3.85. The van der Waals surface area contributed by atoms with Crippen molar-refractivity contribution in [3.63, 3.8) is 0 Å². The molecule has 0 spiro atoms. The third-order valence-electron chi connectivity index (χ3n) is 2.44. The highest BCUT2D eigenvalue weighted by Crippen LogP contribution is 2.12. The lowest BCUT2D eigenvalue weighted by atomic mass is 9.99. The first-order valence-electron chi connectivity index (χ1n) is 5.32. The number of furan rings is 1. The molecule has 0 saturated carbocycles. The Kier molecular flexibility index (Phi) is 3.23. The van der Waals surface area contributed by atoms with E-state index in [0.29, 0.717) is 16.9 Å². The van der Waals surface area contributed by atoms with Gasteiger partial charge in [0.05, 0.1) is 6.26 Å². The van der Waals surface area contributed by atoms with Gasteiger partial charge in [0.1, 0.15) is 5.71 Å². The molecule has 1 aromatic heterocycles. The first kappa shape index (κ1) is 12.0.